The third-order valence-electron chi connectivity index (χ3n) is 2.71. The lowest BCUT2D eigenvalue weighted by molar-refractivity contribution is -0.0732. The van der Waals surface area contributed by atoms with Gasteiger partial charge in [-0.2, -0.15) is 0 Å². The molecule has 13 heavy (non-hydrogen) atoms. The zero-order valence-electron chi connectivity index (χ0n) is 7.79. The van der Waals surface area contributed by atoms with Gasteiger partial charge in [0.05, 0.1) is 6.61 Å². The van der Waals surface area contributed by atoms with Crippen LogP contribution in [0.4, 0.5) is 0 Å². The Kier molecular flexibility index (Phi) is 2.56. The molecule has 2 rings (SSSR count). The van der Waals surface area contributed by atoms with Gasteiger partial charge in [0.25, 0.3) is 0 Å². The first kappa shape index (κ1) is 9.03. The quantitative estimate of drug-likeness (QED) is 0.666. The summed E-state index contributed by atoms with van der Waals surface area (Å²) in [5.41, 5.74) is -0.737. The van der Waals surface area contributed by atoms with E-state index < -0.39 is 5.60 Å². The first-order valence-corrected chi connectivity index (χ1v) is 4.95. The minimum absolute atomic E-state index is 0.636. The second-order valence-electron chi connectivity index (χ2n) is 3.70. The molecule has 3 nitrogen and oxygen atoms in total. The van der Waals surface area contributed by atoms with E-state index >= 15 is 0 Å². The Balaban J connectivity index is 2.07. The molecule has 2 aliphatic rings. The Labute approximate surface area is 78.3 Å². The van der Waals surface area contributed by atoms with Crippen LogP contribution < -0.4 is 0 Å². The van der Waals surface area contributed by atoms with Crippen LogP contribution in [0.15, 0.2) is 11.8 Å². The first-order valence-electron chi connectivity index (χ1n) is 4.95. The second kappa shape index (κ2) is 3.68. The molecule has 0 unspecified atom stereocenters. The van der Waals surface area contributed by atoms with Gasteiger partial charge in [0.2, 0.25) is 0 Å². The summed E-state index contributed by atoms with van der Waals surface area (Å²) in [4.78, 5) is 0. The van der Waals surface area contributed by atoms with Gasteiger partial charge in [-0.3, -0.25) is 0 Å². The predicted molar refractivity (Wildman–Crippen MR) is 48.3 cm³/mol. The molecule has 1 saturated heterocycles. The molecule has 0 aromatic carbocycles. The maximum atomic E-state index is 10.2. The zero-order valence-corrected chi connectivity index (χ0v) is 7.79. The van der Waals surface area contributed by atoms with Crippen LogP contribution in [0.5, 0.6) is 0 Å². The van der Waals surface area contributed by atoms with Gasteiger partial charge in [0.1, 0.15) is 11.4 Å². The van der Waals surface area contributed by atoms with Crippen LogP contribution in [0.3, 0.4) is 0 Å². The van der Waals surface area contributed by atoms with Crippen LogP contribution in [0.2, 0.25) is 0 Å². The molecule has 0 bridgehead atoms. The van der Waals surface area contributed by atoms with Crippen molar-refractivity contribution in [3.05, 3.63) is 11.8 Å². The molecule has 0 amide bonds. The van der Waals surface area contributed by atoms with Crippen molar-refractivity contribution < 1.29 is 14.6 Å². The number of hydrogen-bond donors (Lipinski definition) is 1. The summed E-state index contributed by atoms with van der Waals surface area (Å²) < 4.78 is 10.7. The lowest BCUT2D eigenvalue weighted by atomic mass is 9.90. The monoisotopic (exact) mass is 184 g/mol. The second-order valence-corrected chi connectivity index (χ2v) is 3.70. The summed E-state index contributed by atoms with van der Waals surface area (Å²) in [6, 6.07) is 0. The molecule has 3 heteroatoms. The van der Waals surface area contributed by atoms with Gasteiger partial charge < -0.3 is 14.6 Å². The highest BCUT2D eigenvalue weighted by atomic mass is 16.5. The largest absolute Gasteiger partial charge is 0.495 e. The van der Waals surface area contributed by atoms with E-state index in [-0.39, 0.29) is 0 Å². The molecule has 0 aliphatic carbocycles. The molecule has 0 saturated carbocycles. The van der Waals surface area contributed by atoms with E-state index in [0.29, 0.717) is 26.1 Å². The average Bonchev–Trinajstić information content (AvgIpc) is 2.20. The Morgan fingerprint density at radius 2 is 2.00 bits per heavy atom. The molecule has 74 valence electrons. The molecule has 1 fully saturated rings. The topological polar surface area (TPSA) is 38.7 Å². The number of allylic oxidation sites excluding steroid dienone is 1. The van der Waals surface area contributed by atoms with Gasteiger partial charge in [-0.1, -0.05) is 0 Å². The van der Waals surface area contributed by atoms with E-state index in [1.807, 2.05) is 6.08 Å². The molecule has 2 aliphatic heterocycles. The Bertz CT molecular complexity index is 204. The number of aliphatic hydroxyl groups is 1. The molecule has 1 N–H and O–H groups in total. The van der Waals surface area contributed by atoms with Crippen molar-refractivity contribution in [1.29, 1.82) is 0 Å². The van der Waals surface area contributed by atoms with E-state index in [1.54, 1.807) is 0 Å². The van der Waals surface area contributed by atoms with Crippen molar-refractivity contribution in [1.82, 2.24) is 0 Å². The van der Waals surface area contributed by atoms with Crippen LogP contribution in [0, 0.1) is 0 Å². The molecule has 0 aromatic heterocycles. The fraction of sp³-hybridized carbons (Fsp3) is 0.800. The summed E-state index contributed by atoms with van der Waals surface area (Å²) in [5, 5.41) is 10.2. The van der Waals surface area contributed by atoms with Crippen LogP contribution in [-0.4, -0.2) is 30.5 Å². The molecule has 0 atom stereocenters. The van der Waals surface area contributed by atoms with Crippen LogP contribution in [0.25, 0.3) is 0 Å². The smallest absolute Gasteiger partial charge is 0.125 e. The van der Waals surface area contributed by atoms with E-state index in [4.69, 9.17) is 9.47 Å². The predicted octanol–water partition coefficient (Wildman–Crippen LogP) is 1.22. The molecule has 2 heterocycles. The van der Waals surface area contributed by atoms with Crippen molar-refractivity contribution in [3.63, 3.8) is 0 Å². The van der Waals surface area contributed by atoms with Crippen LogP contribution in [0.1, 0.15) is 25.7 Å². The van der Waals surface area contributed by atoms with Gasteiger partial charge in [-0.15, -0.1) is 0 Å². The highest BCUT2D eigenvalue weighted by Gasteiger charge is 2.35. The van der Waals surface area contributed by atoms with Crippen molar-refractivity contribution in [3.8, 4) is 0 Å². The van der Waals surface area contributed by atoms with Gasteiger partial charge in [-0.05, 0) is 18.9 Å². The summed E-state index contributed by atoms with van der Waals surface area (Å²) in [5.74, 6) is 0.780. The maximum absolute atomic E-state index is 10.2. The van der Waals surface area contributed by atoms with Crippen molar-refractivity contribution in [2.24, 2.45) is 0 Å². The van der Waals surface area contributed by atoms with Crippen LogP contribution in [-0.2, 0) is 9.47 Å². The van der Waals surface area contributed by atoms with Crippen LogP contribution >= 0.6 is 0 Å². The van der Waals surface area contributed by atoms with Crippen molar-refractivity contribution in [2.75, 3.05) is 19.8 Å². The Morgan fingerprint density at radius 1 is 1.23 bits per heavy atom. The minimum Gasteiger partial charge on any atom is -0.495 e. The third kappa shape index (κ3) is 1.86. The fourth-order valence-corrected chi connectivity index (χ4v) is 1.84. The SMILES string of the molecule is OC1(C2=CCCCO2)CCOCC1. The molecule has 0 aromatic rings. The van der Waals surface area contributed by atoms with E-state index in [9.17, 15) is 5.11 Å². The van der Waals surface area contributed by atoms with Gasteiger partial charge >= 0.3 is 0 Å². The lowest BCUT2D eigenvalue weighted by Gasteiger charge is -2.35. The number of rotatable bonds is 1. The lowest BCUT2D eigenvalue weighted by Crippen LogP contribution is -2.39. The minimum atomic E-state index is -0.737. The first-order chi connectivity index (χ1) is 6.31. The normalized spacial score (nSPS) is 27.6. The molecule has 0 spiro atoms. The summed E-state index contributed by atoms with van der Waals surface area (Å²) in [6.07, 6.45) is 5.45. The van der Waals surface area contributed by atoms with E-state index in [2.05, 4.69) is 0 Å². The average molecular weight is 184 g/mol. The molecular weight excluding hydrogens is 168 g/mol. The third-order valence-corrected chi connectivity index (χ3v) is 2.71. The van der Waals surface area contributed by atoms with Crippen molar-refractivity contribution in [2.45, 2.75) is 31.3 Å². The number of hydrogen-bond acceptors (Lipinski definition) is 3. The zero-order chi connectivity index (χ0) is 9.15. The fourth-order valence-electron chi connectivity index (χ4n) is 1.84. The Morgan fingerprint density at radius 3 is 2.62 bits per heavy atom. The highest BCUT2D eigenvalue weighted by Crippen LogP contribution is 2.31. The summed E-state index contributed by atoms with van der Waals surface area (Å²) >= 11 is 0. The van der Waals surface area contributed by atoms with E-state index in [1.165, 1.54) is 0 Å². The number of ether oxygens (including phenoxy) is 2. The van der Waals surface area contributed by atoms with Crippen molar-refractivity contribution >= 4 is 0 Å². The summed E-state index contributed by atoms with van der Waals surface area (Å²) in [6.45, 7) is 2.02. The Hall–Kier alpha value is -0.540. The molecule has 0 radical (unpaired) electrons. The van der Waals surface area contributed by atoms with Gasteiger partial charge in [0, 0.05) is 26.1 Å². The van der Waals surface area contributed by atoms with E-state index in [0.717, 1.165) is 25.2 Å². The maximum Gasteiger partial charge on any atom is 0.125 e. The van der Waals surface area contributed by atoms with Gasteiger partial charge in [0.15, 0.2) is 0 Å². The summed E-state index contributed by atoms with van der Waals surface area (Å²) in [7, 11) is 0. The standard InChI is InChI=1S/C10H16O3/c11-10(4-7-12-8-5-10)9-3-1-2-6-13-9/h3,11H,1-2,4-8H2. The molecular formula is C10H16O3. The van der Waals surface area contributed by atoms with Gasteiger partial charge in [-0.25, -0.2) is 0 Å². The highest BCUT2D eigenvalue weighted by molar-refractivity contribution is 5.12.